The summed E-state index contributed by atoms with van der Waals surface area (Å²) >= 11 is 0. The van der Waals surface area contributed by atoms with Crippen LogP contribution in [-0.4, -0.2) is 36.5 Å². The third-order valence-electron chi connectivity index (χ3n) is 3.21. The van der Waals surface area contributed by atoms with E-state index in [1.54, 1.807) is 17.9 Å². The first kappa shape index (κ1) is 13.7. The van der Waals surface area contributed by atoms with E-state index in [4.69, 9.17) is 4.74 Å². The van der Waals surface area contributed by atoms with Crippen LogP contribution in [0, 0.1) is 11.8 Å². The van der Waals surface area contributed by atoms with Crippen molar-refractivity contribution in [2.45, 2.75) is 26.7 Å². The molecule has 1 aliphatic rings. The Morgan fingerprint density at radius 2 is 2.35 bits per heavy atom. The third kappa shape index (κ3) is 3.58. The number of rotatable bonds is 5. The fraction of sp³-hybridized carbons (Fsp3) is 0.692. The topological polar surface area (TPSA) is 46.6 Å². The minimum absolute atomic E-state index is 0.0525. The highest BCUT2D eigenvalue weighted by Crippen LogP contribution is 2.27. The lowest BCUT2D eigenvalue weighted by atomic mass is 9.84. The molecule has 0 aliphatic carbocycles. The molecule has 0 N–H and O–H groups in total. The van der Waals surface area contributed by atoms with Gasteiger partial charge in [0.2, 0.25) is 5.91 Å². The molecule has 0 spiro atoms. The van der Waals surface area contributed by atoms with Gasteiger partial charge in [-0.3, -0.25) is 9.59 Å². The van der Waals surface area contributed by atoms with Gasteiger partial charge >= 0.3 is 5.97 Å². The Balaban J connectivity index is 2.63. The van der Waals surface area contributed by atoms with Gasteiger partial charge in [-0.2, -0.15) is 0 Å². The van der Waals surface area contributed by atoms with Crippen molar-refractivity contribution in [1.82, 2.24) is 4.90 Å². The van der Waals surface area contributed by atoms with Crippen molar-refractivity contribution >= 4 is 11.9 Å². The van der Waals surface area contributed by atoms with Gasteiger partial charge in [0.05, 0.1) is 18.9 Å². The van der Waals surface area contributed by atoms with Crippen molar-refractivity contribution in [1.29, 1.82) is 0 Å². The van der Waals surface area contributed by atoms with E-state index < -0.39 is 0 Å². The molecule has 1 saturated heterocycles. The number of amides is 1. The lowest BCUT2D eigenvalue weighted by molar-refractivity contribution is -0.151. The minimum atomic E-state index is -0.279. The Labute approximate surface area is 103 Å². The maximum absolute atomic E-state index is 12.1. The molecule has 0 radical (unpaired) electrons. The maximum Gasteiger partial charge on any atom is 0.306 e. The summed E-state index contributed by atoms with van der Waals surface area (Å²) in [6.07, 6.45) is 2.85. The molecule has 0 saturated carbocycles. The molecule has 1 heterocycles. The van der Waals surface area contributed by atoms with Gasteiger partial charge in [0.1, 0.15) is 0 Å². The van der Waals surface area contributed by atoms with E-state index in [0.717, 1.165) is 13.0 Å². The number of hydrogen-bond donors (Lipinski definition) is 0. The molecule has 1 fully saturated rings. The molecule has 0 unspecified atom stereocenters. The number of carbonyl (C=O) groups excluding carboxylic acids is 2. The van der Waals surface area contributed by atoms with Crippen molar-refractivity contribution in [3.63, 3.8) is 0 Å². The normalized spacial score (nSPS) is 24.6. The second-order valence-electron chi connectivity index (χ2n) is 4.45. The molecule has 96 valence electrons. The number of carbonyl (C=O) groups is 2. The van der Waals surface area contributed by atoms with Crippen molar-refractivity contribution in [2.75, 3.05) is 19.7 Å². The molecule has 17 heavy (non-hydrogen) atoms. The van der Waals surface area contributed by atoms with E-state index >= 15 is 0 Å². The average Bonchev–Trinajstić information content (AvgIpc) is 2.29. The summed E-state index contributed by atoms with van der Waals surface area (Å²) in [5.41, 5.74) is 0. The second kappa shape index (κ2) is 6.42. The van der Waals surface area contributed by atoms with E-state index in [1.165, 1.54) is 0 Å². The van der Waals surface area contributed by atoms with Crippen LogP contribution in [0.3, 0.4) is 0 Å². The van der Waals surface area contributed by atoms with Crippen LogP contribution < -0.4 is 0 Å². The monoisotopic (exact) mass is 239 g/mol. The van der Waals surface area contributed by atoms with Gasteiger partial charge in [0, 0.05) is 13.1 Å². The van der Waals surface area contributed by atoms with Crippen LogP contribution in [0.1, 0.15) is 26.7 Å². The molecule has 2 atom stereocenters. The van der Waals surface area contributed by atoms with Crippen LogP contribution in [0.15, 0.2) is 12.7 Å². The molecular formula is C13H21NO3. The smallest absolute Gasteiger partial charge is 0.306 e. The average molecular weight is 239 g/mol. The lowest BCUT2D eigenvalue weighted by Gasteiger charge is -2.35. The van der Waals surface area contributed by atoms with E-state index in [0.29, 0.717) is 13.2 Å². The van der Waals surface area contributed by atoms with Gasteiger partial charge in [-0.15, -0.1) is 6.58 Å². The second-order valence-corrected chi connectivity index (χ2v) is 4.45. The van der Waals surface area contributed by atoms with Crippen LogP contribution in [0.2, 0.25) is 0 Å². The van der Waals surface area contributed by atoms with Gasteiger partial charge in [-0.05, 0) is 19.3 Å². The molecule has 1 amide bonds. The van der Waals surface area contributed by atoms with Crippen LogP contribution in [0.25, 0.3) is 0 Å². The number of ether oxygens (including phenoxy) is 1. The minimum Gasteiger partial charge on any atom is -0.466 e. The van der Waals surface area contributed by atoms with Gasteiger partial charge in [-0.1, -0.05) is 13.0 Å². The fourth-order valence-corrected chi connectivity index (χ4v) is 2.17. The summed E-state index contributed by atoms with van der Waals surface area (Å²) in [6.45, 7) is 9.11. The zero-order valence-electron chi connectivity index (χ0n) is 10.6. The predicted octanol–water partition coefficient (Wildman–Crippen LogP) is 1.61. The SMILES string of the molecule is C=CCN1CC[C@@H](C)[C@H](CC(=O)OCC)C1=O. The molecule has 1 aliphatic heterocycles. The quantitative estimate of drug-likeness (QED) is 0.541. The Morgan fingerprint density at radius 3 is 2.94 bits per heavy atom. The Morgan fingerprint density at radius 1 is 1.65 bits per heavy atom. The summed E-state index contributed by atoms with van der Waals surface area (Å²) < 4.78 is 4.91. The Bertz CT molecular complexity index is 301. The molecule has 4 heteroatoms. The van der Waals surface area contributed by atoms with Crippen molar-refractivity contribution in [2.24, 2.45) is 11.8 Å². The zero-order chi connectivity index (χ0) is 12.8. The van der Waals surface area contributed by atoms with Crippen molar-refractivity contribution in [3.05, 3.63) is 12.7 Å². The largest absolute Gasteiger partial charge is 0.466 e. The highest BCUT2D eigenvalue weighted by atomic mass is 16.5. The van der Waals surface area contributed by atoms with Gasteiger partial charge in [0.15, 0.2) is 0 Å². The first-order valence-corrected chi connectivity index (χ1v) is 6.15. The van der Waals surface area contributed by atoms with Crippen molar-refractivity contribution < 1.29 is 14.3 Å². The molecule has 4 nitrogen and oxygen atoms in total. The summed E-state index contributed by atoms with van der Waals surface area (Å²) in [6, 6.07) is 0. The molecule has 0 aromatic heterocycles. The Kier molecular flexibility index (Phi) is 5.19. The highest BCUT2D eigenvalue weighted by Gasteiger charge is 2.35. The van der Waals surface area contributed by atoms with E-state index in [9.17, 15) is 9.59 Å². The third-order valence-corrected chi connectivity index (χ3v) is 3.21. The summed E-state index contributed by atoms with van der Waals surface area (Å²) in [5.74, 6) is -0.217. The van der Waals surface area contributed by atoms with Gasteiger partial charge in [-0.25, -0.2) is 0 Å². The first-order valence-electron chi connectivity index (χ1n) is 6.15. The van der Waals surface area contributed by atoms with Crippen LogP contribution >= 0.6 is 0 Å². The number of piperidine rings is 1. The van der Waals surface area contributed by atoms with Crippen LogP contribution in [-0.2, 0) is 14.3 Å². The van der Waals surface area contributed by atoms with E-state index in [1.807, 2.05) is 6.92 Å². The number of esters is 1. The summed E-state index contributed by atoms with van der Waals surface area (Å²) in [7, 11) is 0. The highest BCUT2D eigenvalue weighted by molar-refractivity contribution is 5.84. The maximum atomic E-state index is 12.1. The zero-order valence-corrected chi connectivity index (χ0v) is 10.6. The molecule has 0 aromatic carbocycles. The van der Waals surface area contributed by atoms with Gasteiger partial charge in [0.25, 0.3) is 0 Å². The van der Waals surface area contributed by atoms with E-state index in [-0.39, 0.29) is 30.1 Å². The number of hydrogen-bond acceptors (Lipinski definition) is 3. The van der Waals surface area contributed by atoms with Gasteiger partial charge < -0.3 is 9.64 Å². The molecule has 0 bridgehead atoms. The van der Waals surface area contributed by atoms with E-state index in [2.05, 4.69) is 6.58 Å². The van der Waals surface area contributed by atoms with Crippen LogP contribution in [0.5, 0.6) is 0 Å². The molecule has 0 aromatic rings. The molecular weight excluding hydrogens is 218 g/mol. The first-order chi connectivity index (χ1) is 8.10. The predicted molar refractivity (Wildman–Crippen MR) is 65.3 cm³/mol. The standard InChI is InChI=1S/C13H21NO3/c1-4-7-14-8-6-10(3)11(13(14)16)9-12(15)17-5-2/h4,10-11H,1,5-9H2,2-3H3/t10-,11+/m1/s1. The lowest BCUT2D eigenvalue weighted by Crippen LogP contribution is -2.45. The van der Waals surface area contributed by atoms with Crippen LogP contribution in [0.4, 0.5) is 0 Å². The molecule has 1 rings (SSSR count). The Hall–Kier alpha value is -1.32. The number of nitrogens with zero attached hydrogens (tertiary/aromatic N) is 1. The van der Waals surface area contributed by atoms with Crippen molar-refractivity contribution in [3.8, 4) is 0 Å². The summed E-state index contributed by atoms with van der Waals surface area (Å²) in [5, 5.41) is 0. The summed E-state index contributed by atoms with van der Waals surface area (Å²) in [4.78, 5) is 25.4. The fourth-order valence-electron chi connectivity index (χ4n) is 2.17. The number of likely N-dealkylation sites (tertiary alicyclic amines) is 1.